The number of carbonyl (C=O) groups excluding carboxylic acids is 1. The SMILES string of the molecule is COc1cc(N2CCN(CC(C)NC(=O)OCc3ccccc3)CC2)ccc1N. The largest absolute Gasteiger partial charge is 0.495 e. The van der Waals surface area contributed by atoms with Crippen LogP contribution in [0.2, 0.25) is 0 Å². The molecule has 1 heterocycles. The number of rotatable bonds is 7. The fourth-order valence-corrected chi connectivity index (χ4v) is 3.48. The van der Waals surface area contributed by atoms with E-state index < -0.39 is 0 Å². The van der Waals surface area contributed by atoms with E-state index in [1.165, 1.54) is 0 Å². The molecule has 156 valence electrons. The lowest BCUT2D eigenvalue weighted by atomic mass is 10.2. The fourth-order valence-electron chi connectivity index (χ4n) is 3.48. The number of benzene rings is 2. The topological polar surface area (TPSA) is 80.1 Å². The van der Waals surface area contributed by atoms with Crippen LogP contribution in [0.25, 0.3) is 0 Å². The maximum atomic E-state index is 12.0. The van der Waals surface area contributed by atoms with Gasteiger partial charge in [-0.1, -0.05) is 30.3 Å². The van der Waals surface area contributed by atoms with Crippen molar-refractivity contribution in [1.29, 1.82) is 0 Å². The van der Waals surface area contributed by atoms with Crippen molar-refractivity contribution >= 4 is 17.5 Å². The standard InChI is InChI=1S/C22H30N4O3/c1-17(24-22(27)29-16-18-6-4-3-5-7-18)15-25-10-12-26(13-11-25)19-8-9-20(23)21(14-19)28-2/h3-9,14,17H,10-13,15-16,23H2,1-2H3,(H,24,27). The zero-order valence-electron chi connectivity index (χ0n) is 17.1. The predicted molar refractivity (Wildman–Crippen MR) is 115 cm³/mol. The number of ether oxygens (including phenoxy) is 2. The Bertz CT molecular complexity index is 792. The summed E-state index contributed by atoms with van der Waals surface area (Å²) < 4.78 is 10.6. The van der Waals surface area contributed by atoms with Gasteiger partial charge in [-0.15, -0.1) is 0 Å². The second-order valence-corrected chi connectivity index (χ2v) is 7.32. The molecule has 0 saturated carbocycles. The second-order valence-electron chi connectivity index (χ2n) is 7.32. The molecule has 0 radical (unpaired) electrons. The molecule has 7 heteroatoms. The summed E-state index contributed by atoms with van der Waals surface area (Å²) >= 11 is 0. The Kier molecular flexibility index (Phi) is 7.19. The Morgan fingerprint density at radius 2 is 1.86 bits per heavy atom. The van der Waals surface area contributed by atoms with Gasteiger partial charge in [0.1, 0.15) is 12.4 Å². The van der Waals surface area contributed by atoms with E-state index in [-0.39, 0.29) is 18.7 Å². The first-order chi connectivity index (χ1) is 14.0. The van der Waals surface area contributed by atoms with Gasteiger partial charge in [0.2, 0.25) is 0 Å². The van der Waals surface area contributed by atoms with Gasteiger partial charge in [-0.25, -0.2) is 4.79 Å². The van der Waals surface area contributed by atoms with Crippen molar-refractivity contribution in [3.05, 3.63) is 54.1 Å². The molecule has 0 bridgehead atoms. The number of hydrogen-bond donors (Lipinski definition) is 2. The third-order valence-electron chi connectivity index (χ3n) is 5.06. The molecule has 0 aromatic heterocycles. The van der Waals surface area contributed by atoms with Crippen molar-refractivity contribution in [2.75, 3.05) is 50.5 Å². The molecule has 1 fully saturated rings. The number of nitrogens with two attached hydrogens (primary N) is 1. The van der Waals surface area contributed by atoms with Crippen molar-refractivity contribution in [1.82, 2.24) is 10.2 Å². The number of nitrogens with zero attached hydrogens (tertiary/aromatic N) is 2. The van der Waals surface area contributed by atoms with Crippen LogP contribution in [0.4, 0.5) is 16.2 Å². The molecular weight excluding hydrogens is 368 g/mol. The molecule has 1 aliphatic heterocycles. The molecule has 2 aromatic carbocycles. The van der Waals surface area contributed by atoms with Crippen LogP contribution in [0.1, 0.15) is 12.5 Å². The Hall–Kier alpha value is -2.93. The Labute approximate surface area is 172 Å². The van der Waals surface area contributed by atoms with E-state index in [9.17, 15) is 4.79 Å². The molecule has 1 amide bonds. The van der Waals surface area contributed by atoms with Gasteiger partial charge < -0.3 is 25.4 Å². The van der Waals surface area contributed by atoms with E-state index in [0.29, 0.717) is 11.4 Å². The molecule has 3 N–H and O–H groups in total. The molecule has 2 aromatic rings. The summed E-state index contributed by atoms with van der Waals surface area (Å²) in [5.41, 5.74) is 8.65. The second kappa shape index (κ2) is 10.0. The van der Waals surface area contributed by atoms with Gasteiger partial charge in [-0.2, -0.15) is 0 Å². The van der Waals surface area contributed by atoms with Crippen LogP contribution in [0, 0.1) is 0 Å². The summed E-state index contributed by atoms with van der Waals surface area (Å²) in [5.74, 6) is 0.705. The summed E-state index contributed by atoms with van der Waals surface area (Å²) in [6.07, 6.45) is -0.381. The number of hydrogen-bond acceptors (Lipinski definition) is 6. The number of carbonyl (C=O) groups is 1. The predicted octanol–water partition coefficient (Wildman–Crippen LogP) is 2.71. The number of alkyl carbamates (subject to hydrolysis) is 1. The minimum atomic E-state index is -0.381. The molecule has 0 aliphatic carbocycles. The lowest BCUT2D eigenvalue weighted by Crippen LogP contribution is -2.50. The smallest absolute Gasteiger partial charge is 0.407 e. The number of nitrogen functional groups attached to an aromatic ring is 1. The van der Waals surface area contributed by atoms with Gasteiger partial charge in [0.15, 0.2) is 0 Å². The monoisotopic (exact) mass is 398 g/mol. The Morgan fingerprint density at radius 3 is 2.55 bits per heavy atom. The average molecular weight is 399 g/mol. The normalized spacial score (nSPS) is 15.6. The first-order valence-electron chi connectivity index (χ1n) is 9.93. The lowest BCUT2D eigenvalue weighted by molar-refractivity contribution is 0.132. The number of methoxy groups -OCH3 is 1. The Morgan fingerprint density at radius 1 is 1.14 bits per heavy atom. The van der Waals surface area contributed by atoms with Crippen molar-refractivity contribution in [2.45, 2.75) is 19.6 Å². The summed E-state index contributed by atoms with van der Waals surface area (Å²) in [4.78, 5) is 16.7. The molecular formula is C22H30N4O3. The highest BCUT2D eigenvalue weighted by Gasteiger charge is 2.20. The summed E-state index contributed by atoms with van der Waals surface area (Å²) in [6, 6.07) is 15.6. The van der Waals surface area contributed by atoms with E-state index in [4.69, 9.17) is 15.2 Å². The van der Waals surface area contributed by atoms with Gasteiger partial charge in [0.25, 0.3) is 0 Å². The van der Waals surface area contributed by atoms with Gasteiger partial charge >= 0.3 is 6.09 Å². The summed E-state index contributed by atoms with van der Waals surface area (Å²) in [6.45, 7) is 6.76. The van der Waals surface area contributed by atoms with E-state index >= 15 is 0 Å². The van der Waals surface area contributed by atoms with E-state index in [2.05, 4.69) is 15.1 Å². The van der Waals surface area contributed by atoms with Crippen molar-refractivity contribution in [2.24, 2.45) is 0 Å². The molecule has 7 nitrogen and oxygen atoms in total. The molecule has 1 saturated heterocycles. The highest BCUT2D eigenvalue weighted by atomic mass is 16.5. The fraction of sp³-hybridized carbons (Fsp3) is 0.409. The molecule has 29 heavy (non-hydrogen) atoms. The summed E-state index contributed by atoms with van der Waals surface area (Å²) in [7, 11) is 1.63. The quantitative estimate of drug-likeness (QED) is 0.698. The number of piperazine rings is 1. The van der Waals surface area contributed by atoms with Crippen LogP contribution in [-0.2, 0) is 11.3 Å². The van der Waals surface area contributed by atoms with Crippen molar-refractivity contribution in [3.8, 4) is 5.75 Å². The highest BCUT2D eigenvalue weighted by Crippen LogP contribution is 2.28. The third kappa shape index (κ3) is 6.02. The lowest BCUT2D eigenvalue weighted by Gasteiger charge is -2.37. The number of amides is 1. The minimum absolute atomic E-state index is 0.0152. The van der Waals surface area contributed by atoms with Crippen LogP contribution in [0.3, 0.4) is 0 Å². The maximum absolute atomic E-state index is 12.0. The molecule has 3 rings (SSSR count). The van der Waals surface area contributed by atoms with Crippen molar-refractivity contribution in [3.63, 3.8) is 0 Å². The zero-order valence-corrected chi connectivity index (χ0v) is 17.1. The van der Waals surface area contributed by atoms with Gasteiger partial charge in [0, 0.05) is 50.5 Å². The van der Waals surface area contributed by atoms with Crippen LogP contribution < -0.4 is 20.7 Å². The van der Waals surface area contributed by atoms with Crippen LogP contribution in [0.15, 0.2) is 48.5 Å². The highest BCUT2D eigenvalue weighted by molar-refractivity contribution is 5.67. The Balaban J connectivity index is 1.40. The zero-order chi connectivity index (χ0) is 20.6. The minimum Gasteiger partial charge on any atom is -0.495 e. The van der Waals surface area contributed by atoms with Gasteiger partial charge in [-0.3, -0.25) is 4.90 Å². The first-order valence-corrected chi connectivity index (χ1v) is 9.93. The summed E-state index contributed by atoms with van der Waals surface area (Å²) in [5, 5.41) is 2.91. The van der Waals surface area contributed by atoms with E-state index in [1.807, 2.05) is 55.5 Å². The van der Waals surface area contributed by atoms with Gasteiger partial charge in [0.05, 0.1) is 12.8 Å². The van der Waals surface area contributed by atoms with Crippen LogP contribution in [-0.4, -0.2) is 56.9 Å². The first kappa shape index (κ1) is 20.8. The number of anilines is 2. The average Bonchev–Trinajstić information content (AvgIpc) is 2.74. The van der Waals surface area contributed by atoms with Crippen molar-refractivity contribution < 1.29 is 14.3 Å². The molecule has 1 unspecified atom stereocenters. The molecule has 0 spiro atoms. The van der Waals surface area contributed by atoms with Gasteiger partial charge in [-0.05, 0) is 24.6 Å². The van der Waals surface area contributed by atoms with E-state index in [1.54, 1.807) is 7.11 Å². The molecule has 1 aliphatic rings. The third-order valence-corrected chi connectivity index (χ3v) is 5.06. The van der Waals surface area contributed by atoms with E-state index in [0.717, 1.165) is 44.0 Å². The van der Waals surface area contributed by atoms with Crippen LogP contribution >= 0.6 is 0 Å². The molecule has 1 atom stereocenters. The number of nitrogens with one attached hydrogen (secondary N) is 1. The maximum Gasteiger partial charge on any atom is 0.407 e. The van der Waals surface area contributed by atoms with Crippen LogP contribution in [0.5, 0.6) is 5.75 Å².